The zero-order chi connectivity index (χ0) is 17.6. The van der Waals surface area contributed by atoms with Crippen molar-refractivity contribution >= 4 is 17.5 Å². The van der Waals surface area contributed by atoms with Crippen molar-refractivity contribution in [2.24, 2.45) is 0 Å². The van der Waals surface area contributed by atoms with Gasteiger partial charge >= 0.3 is 0 Å². The molecular formula is C19H18ClN3O2. The molecule has 1 amide bonds. The van der Waals surface area contributed by atoms with Crippen LogP contribution in [0.5, 0.6) is 5.75 Å². The lowest BCUT2D eigenvalue weighted by Gasteiger charge is -2.10. The van der Waals surface area contributed by atoms with Gasteiger partial charge in [-0.3, -0.25) is 9.89 Å². The molecule has 0 unspecified atom stereocenters. The van der Waals surface area contributed by atoms with Gasteiger partial charge in [-0.05, 0) is 41.8 Å². The second-order valence-corrected chi connectivity index (χ2v) is 6.08. The van der Waals surface area contributed by atoms with E-state index in [-0.39, 0.29) is 12.5 Å². The van der Waals surface area contributed by atoms with Gasteiger partial charge < -0.3 is 10.1 Å². The fraction of sp³-hybridized carbons (Fsp3) is 0.158. The number of hydrogen-bond donors (Lipinski definition) is 2. The highest BCUT2D eigenvalue weighted by atomic mass is 35.5. The topological polar surface area (TPSA) is 67.0 Å². The van der Waals surface area contributed by atoms with Crippen LogP contribution < -0.4 is 10.1 Å². The Balaban J connectivity index is 1.49. The van der Waals surface area contributed by atoms with Crippen LogP contribution in [0.4, 0.5) is 0 Å². The third-order valence-corrected chi connectivity index (χ3v) is 4.00. The van der Waals surface area contributed by atoms with E-state index in [4.69, 9.17) is 16.3 Å². The first-order valence-corrected chi connectivity index (χ1v) is 8.24. The Hall–Kier alpha value is -2.79. The summed E-state index contributed by atoms with van der Waals surface area (Å²) in [5.41, 5.74) is 3.95. The van der Waals surface area contributed by atoms with Crippen molar-refractivity contribution in [2.75, 3.05) is 6.61 Å². The van der Waals surface area contributed by atoms with Gasteiger partial charge in [-0.15, -0.1) is 0 Å². The van der Waals surface area contributed by atoms with Crippen molar-refractivity contribution in [2.45, 2.75) is 13.5 Å². The Morgan fingerprint density at radius 2 is 2.00 bits per heavy atom. The molecular weight excluding hydrogens is 338 g/mol. The number of aromatic nitrogens is 2. The van der Waals surface area contributed by atoms with E-state index in [0.29, 0.717) is 17.3 Å². The van der Waals surface area contributed by atoms with Crippen LogP contribution in [0.2, 0.25) is 5.02 Å². The van der Waals surface area contributed by atoms with Crippen LogP contribution in [0.3, 0.4) is 0 Å². The number of benzene rings is 2. The van der Waals surface area contributed by atoms with Crippen molar-refractivity contribution in [1.82, 2.24) is 15.5 Å². The minimum absolute atomic E-state index is 0.0482. The molecule has 0 atom stereocenters. The number of hydrogen-bond acceptors (Lipinski definition) is 3. The number of carbonyl (C=O) groups excluding carboxylic acids is 1. The minimum atomic E-state index is -0.183. The highest BCUT2D eigenvalue weighted by molar-refractivity contribution is 6.30. The number of aryl methyl sites for hydroxylation is 1. The number of halogens is 1. The SMILES string of the molecule is Cc1ccc(Cl)cc1OCC(=O)NCc1ccc(-c2ccn[nH]2)cc1. The van der Waals surface area contributed by atoms with E-state index in [0.717, 1.165) is 22.4 Å². The molecule has 0 spiro atoms. The zero-order valence-electron chi connectivity index (χ0n) is 13.8. The van der Waals surface area contributed by atoms with Gasteiger partial charge in [0.25, 0.3) is 5.91 Å². The van der Waals surface area contributed by atoms with Crippen molar-refractivity contribution in [3.63, 3.8) is 0 Å². The maximum atomic E-state index is 12.0. The average Bonchev–Trinajstić information content (AvgIpc) is 3.16. The fourth-order valence-corrected chi connectivity index (χ4v) is 2.51. The van der Waals surface area contributed by atoms with Crippen molar-refractivity contribution in [3.8, 4) is 17.0 Å². The summed E-state index contributed by atoms with van der Waals surface area (Å²) in [6.45, 7) is 2.30. The summed E-state index contributed by atoms with van der Waals surface area (Å²) in [5.74, 6) is 0.434. The number of carbonyl (C=O) groups is 1. The van der Waals surface area contributed by atoms with Gasteiger partial charge in [0.1, 0.15) is 5.75 Å². The Labute approximate surface area is 151 Å². The standard InChI is InChI=1S/C19H18ClN3O2/c1-13-2-7-16(20)10-18(13)25-12-19(24)21-11-14-3-5-15(6-4-14)17-8-9-22-23-17/h2-10H,11-12H2,1H3,(H,21,24)(H,22,23). The molecule has 0 radical (unpaired) electrons. The number of nitrogens with zero attached hydrogens (tertiary/aromatic N) is 1. The van der Waals surface area contributed by atoms with Gasteiger partial charge in [0, 0.05) is 17.8 Å². The molecule has 0 bridgehead atoms. The van der Waals surface area contributed by atoms with Gasteiger partial charge in [-0.2, -0.15) is 5.10 Å². The molecule has 3 rings (SSSR count). The monoisotopic (exact) mass is 355 g/mol. The molecule has 3 aromatic rings. The summed E-state index contributed by atoms with van der Waals surface area (Å²) < 4.78 is 5.53. The number of amides is 1. The molecule has 5 nitrogen and oxygen atoms in total. The van der Waals surface area contributed by atoms with Gasteiger partial charge in [0.2, 0.25) is 0 Å². The lowest BCUT2D eigenvalue weighted by Crippen LogP contribution is -2.28. The quantitative estimate of drug-likeness (QED) is 0.708. The molecule has 2 N–H and O–H groups in total. The van der Waals surface area contributed by atoms with Crippen molar-refractivity contribution in [1.29, 1.82) is 0 Å². The van der Waals surface area contributed by atoms with Crippen LogP contribution in [0.1, 0.15) is 11.1 Å². The van der Waals surface area contributed by atoms with Crippen LogP contribution in [0, 0.1) is 6.92 Å². The Kier molecular flexibility index (Phi) is 5.36. The van der Waals surface area contributed by atoms with Gasteiger partial charge in [-0.1, -0.05) is 41.9 Å². The summed E-state index contributed by atoms with van der Waals surface area (Å²) >= 11 is 5.94. The fourth-order valence-electron chi connectivity index (χ4n) is 2.34. The highest BCUT2D eigenvalue weighted by Crippen LogP contribution is 2.22. The highest BCUT2D eigenvalue weighted by Gasteiger charge is 2.06. The molecule has 0 fully saturated rings. The van der Waals surface area contributed by atoms with E-state index in [1.165, 1.54) is 0 Å². The predicted octanol–water partition coefficient (Wildman–Crippen LogP) is 3.73. The van der Waals surface area contributed by atoms with Crippen LogP contribution in [0.15, 0.2) is 54.7 Å². The first-order valence-electron chi connectivity index (χ1n) is 7.86. The van der Waals surface area contributed by atoms with E-state index in [2.05, 4.69) is 15.5 Å². The van der Waals surface area contributed by atoms with Gasteiger partial charge in [0.15, 0.2) is 6.61 Å². The Morgan fingerprint density at radius 3 is 2.72 bits per heavy atom. The number of rotatable bonds is 6. The second kappa shape index (κ2) is 7.85. The molecule has 0 aliphatic carbocycles. The summed E-state index contributed by atoms with van der Waals surface area (Å²) in [4.78, 5) is 12.0. The van der Waals surface area contributed by atoms with Crippen LogP contribution in [-0.2, 0) is 11.3 Å². The molecule has 0 saturated carbocycles. The van der Waals surface area contributed by atoms with Crippen molar-refractivity contribution in [3.05, 3.63) is 70.9 Å². The van der Waals surface area contributed by atoms with E-state index < -0.39 is 0 Å². The number of aromatic amines is 1. The zero-order valence-corrected chi connectivity index (χ0v) is 14.5. The van der Waals surface area contributed by atoms with E-state index in [1.807, 2.05) is 43.3 Å². The first-order chi connectivity index (χ1) is 12.1. The Morgan fingerprint density at radius 1 is 1.20 bits per heavy atom. The summed E-state index contributed by atoms with van der Waals surface area (Å²) in [6, 6.07) is 15.2. The molecule has 128 valence electrons. The third-order valence-electron chi connectivity index (χ3n) is 3.76. The molecule has 25 heavy (non-hydrogen) atoms. The smallest absolute Gasteiger partial charge is 0.258 e. The normalized spacial score (nSPS) is 10.5. The summed E-state index contributed by atoms with van der Waals surface area (Å²) in [6.07, 6.45) is 1.71. The Bertz CT molecular complexity index is 846. The number of nitrogens with one attached hydrogen (secondary N) is 2. The number of ether oxygens (including phenoxy) is 1. The largest absolute Gasteiger partial charge is 0.483 e. The van der Waals surface area contributed by atoms with Crippen LogP contribution in [0.25, 0.3) is 11.3 Å². The minimum Gasteiger partial charge on any atom is -0.483 e. The van der Waals surface area contributed by atoms with Gasteiger partial charge in [-0.25, -0.2) is 0 Å². The lowest BCUT2D eigenvalue weighted by molar-refractivity contribution is -0.123. The molecule has 0 aliphatic heterocycles. The summed E-state index contributed by atoms with van der Waals surface area (Å²) in [7, 11) is 0. The first kappa shape index (κ1) is 17.0. The van der Waals surface area contributed by atoms with Crippen molar-refractivity contribution < 1.29 is 9.53 Å². The third kappa shape index (κ3) is 4.61. The molecule has 0 aliphatic rings. The predicted molar refractivity (Wildman–Crippen MR) is 97.6 cm³/mol. The molecule has 2 aromatic carbocycles. The molecule has 1 heterocycles. The number of H-pyrrole nitrogens is 1. The molecule has 0 saturated heterocycles. The van der Waals surface area contributed by atoms with Gasteiger partial charge in [0.05, 0.1) is 5.69 Å². The lowest BCUT2D eigenvalue weighted by atomic mass is 10.1. The molecule has 1 aromatic heterocycles. The van der Waals surface area contributed by atoms with Crippen LogP contribution >= 0.6 is 11.6 Å². The van der Waals surface area contributed by atoms with E-state index in [9.17, 15) is 4.79 Å². The molecule has 6 heteroatoms. The summed E-state index contributed by atoms with van der Waals surface area (Å²) in [5, 5.41) is 10.3. The average molecular weight is 356 g/mol. The van der Waals surface area contributed by atoms with Crippen LogP contribution in [-0.4, -0.2) is 22.7 Å². The maximum Gasteiger partial charge on any atom is 0.258 e. The second-order valence-electron chi connectivity index (χ2n) is 5.64. The maximum absolute atomic E-state index is 12.0. The van der Waals surface area contributed by atoms with E-state index in [1.54, 1.807) is 18.3 Å². The van der Waals surface area contributed by atoms with E-state index >= 15 is 0 Å².